The number of carbonyl (C=O) groups is 2. The van der Waals surface area contributed by atoms with Gasteiger partial charge in [-0.25, -0.2) is 9.78 Å². The standard InChI is InChI=1S/C27H33ClN4O5/c1-4-5-6-13-37-23-14-20(7-8-22(23)36-3)31-12-10-18(2)32(27(31)35)15-19-9-11-29-26-25(19)21(28)16-30(26)17-24(33)34/h7-9,11,14,16,18H,4-6,10,12-13,15,17H2,1-3H3,(H,33,34)/t18-/m0/s1. The van der Waals surface area contributed by atoms with E-state index in [9.17, 15) is 14.7 Å². The number of carbonyl (C=O) groups excluding carboxylic acids is 1. The van der Waals surface area contributed by atoms with Crippen molar-refractivity contribution in [3.8, 4) is 11.5 Å². The summed E-state index contributed by atoms with van der Waals surface area (Å²) in [6.45, 7) is 5.42. The third kappa shape index (κ3) is 5.77. The fourth-order valence-electron chi connectivity index (χ4n) is 4.67. The number of carboxylic acids is 1. The average Bonchev–Trinajstić information content (AvgIpc) is 3.19. The lowest BCUT2D eigenvalue weighted by Gasteiger charge is -2.40. The van der Waals surface area contributed by atoms with E-state index >= 15 is 0 Å². The first-order valence-electron chi connectivity index (χ1n) is 12.6. The predicted octanol–water partition coefficient (Wildman–Crippen LogP) is 5.57. The number of benzene rings is 1. The van der Waals surface area contributed by atoms with Gasteiger partial charge in [0.1, 0.15) is 12.2 Å². The van der Waals surface area contributed by atoms with Crippen LogP contribution in [0.3, 0.4) is 0 Å². The van der Waals surface area contributed by atoms with Gasteiger partial charge >= 0.3 is 12.0 Å². The van der Waals surface area contributed by atoms with E-state index in [2.05, 4.69) is 11.9 Å². The van der Waals surface area contributed by atoms with E-state index in [4.69, 9.17) is 21.1 Å². The van der Waals surface area contributed by atoms with E-state index in [1.165, 1.54) is 4.57 Å². The molecule has 4 rings (SSSR count). The number of rotatable bonds is 11. The molecule has 9 nitrogen and oxygen atoms in total. The second-order valence-electron chi connectivity index (χ2n) is 9.26. The molecule has 0 bridgehead atoms. The molecule has 198 valence electrons. The molecule has 1 saturated heterocycles. The summed E-state index contributed by atoms with van der Waals surface area (Å²) in [6, 6.07) is 7.29. The van der Waals surface area contributed by atoms with Gasteiger partial charge in [-0.2, -0.15) is 0 Å². The van der Waals surface area contributed by atoms with Crippen LogP contribution < -0.4 is 14.4 Å². The molecule has 1 aromatic carbocycles. The fourth-order valence-corrected chi connectivity index (χ4v) is 4.99. The molecule has 3 aromatic rings. The Morgan fingerprint density at radius 3 is 2.78 bits per heavy atom. The van der Waals surface area contributed by atoms with Crippen molar-refractivity contribution < 1.29 is 24.2 Å². The normalized spacial score (nSPS) is 15.9. The average molecular weight is 529 g/mol. The van der Waals surface area contributed by atoms with Gasteiger partial charge in [-0.15, -0.1) is 0 Å². The number of amides is 2. The van der Waals surface area contributed by atoms with Crippen LogP contribution in [0.4, 0.5) is 10.5 Å². The van der Waals surface area contributed by atoms with Gasteiger partial charge in [0, 0.05) is 48.7 Å². The van der Waals surface area contributed by atoms with E-state index in [1.807, 2.05) is 36.1 Å². The maximum atomic E-state index is 13.7. The van der Waals surface area contributed by atoms with Gasteiger partial charge in [0.15, 0.2) is 11.5 Å². The van der Waals surface area contributed by atoms with Crippen molar-refractivity contribution in [3.05, 3.63) is 47.2 Å². The molecule has 0 saturated carbocycles. The van der Waals surface area contributed by atoms with Crippen molar-refractivity contribution >= 4 is 40.3 Å². The summed E-state index contributed by atoms with van der Waals surface area (Å²) in [4.78, 5) is 32.9. The molecule has 1 fully saturated rings. The summed E-state index contributed by atoms with van der Waals surface area (Å²) < 4.78 is 13.0. The van der Waals surface area contributed by atoms with Gasteiger partial charge in [0.2, 0.25) is 0 Å². The summed E-state index contributed by atoms with van der Waals surface area (Å²) in [5.41, 5.74) is 2.05. The van der Waals surface area contributed by atoms with Gasteiger partial charge in [-0.05, 0) is 43.5 Å². The number of pyridine rings is 1. The molecule has 2 amide bonds. The Morgan fingerprint density at radius 2 is 2.05 bits per heavy atom. The third-order valence-corrected chi connectivity index (χ3v) is 6.97. The van der Waals surface area contributed by atoms with Gasteiger partial charge < -0.3 is 24.0 Å². The number of nitrogens with zero attached hydrogens (tertiary/aromatic N) is 4. The van der Waals surface area contributed by atoms with Crippen LogP contribution in [0.1, 0.15) is 45.1 Å². The molecule has 1 aliphatic heterocycles. The van der Waals surface area contributed by atoms with Crippen molar-refractivity contribution in [2.45, 2.75) is 58.7 Å². The smallest absolute Gasteiger partial charge is 0.325 e. The first-order valence-corrected chi connectivity index (χ1v) is 12.9. The Labute approximate surface area is 221 Å². The summed E-state index contributed by atoms with van der Waals surface area (Å²) >= 11 is 6.50. The fraction of sp³-hybridized carbons (Fsp3) is 0.444. The number of anilines is 1. The van der Waals surface area contributed by atoms with Crippen LogP contribution in [0.5, 0.6) is 11.5 Å². The van der Waals surface area contributed by atoms with E-state index in [0.29, 0.717) is 47.3 Å². The number of halogens is 1. The van der Waals surface area contributed by atoms with Crippen molar-refractivity contribution in [3.63, 3.8) is 0 Å². The predicted molar refractivity (Wildman–Crippen MR) is 143 cm³/mol. The molecular formula is C27H33ClN4O5. The third-order valence-electron chi connectivity index (χ3n) is 6.69. The van der Waals surface area contributed by atoms with Crippen LogP contribution >= 0.6 is 11.6 Å². The Bertz CT molecular complexity index is 1280. The molecule has 3 heterocycles. The highest BCUT2D eigenvalue weighted by Gasteiger charge is 2.33. The maximum Gasteiger partial charge on any atom is 0.325 e. The minimum atomic E-state index is -0.982. The SMILES string of the molecule is CCCCCOc1cc(N2CC[C@H](C)N(Cc3ccnc4c3c(Cl)cn4CC(=O)O)C2=O)ccc1OC. The number of aliphatic carboxylic acids is 1. The molecule has 0 aliphatic carbocycles. The molecule has 0 unspecified atom stereocenters. The van der Waals surface area contributed by atoms with Gasteiger partial charge in [-0.3, -0.25) is 9.69 Å². The highest BCUT2D eigenvalue weighted by atomic mass is 35.5. The molecular weight excluding hydrogens is 496 g/mol. The van der Waals surface area contributed by atoms with Gasteiger partial charge in [0.05, 0.1) is 18.7 Å². The lowest BCUT2D eigenvalue weighted by atomic mass is 10.1. The van der Waals surface area contributed by atoms with Crippen LogP contribution in [-0.4, -0.2) is 57.9 Å². The van der Waals surface area contributed by atoms with Crippen LogP contribution in [0.15, 0.2) is 36.7 Å². The molecule has 1 N–H and O–H groups in total. The van der Waals surface area contributed by atoms with Crippen LogP contribution in [0.2, 0.25) is 5.02 Å². The monoisotopic (exact) mass is 528 g/mol. The molecule has 1 atom stereocenters. The lowest BCUT2D eigenvalue weighted by molar-refractivity contribution is -0.137. The molecule has 37 heavy (non-hydrogen) atoms. The largest absolute Gasteiger partial charge is 0.493 e. The number of ether oxygens (including phenoxy) is 2. The second-order valence-corrected chi connectivity index (χ2v) is 9.67. The zero-order valence-electron chi connectivity index (χ0n) is 21.4. The summed E-state index contributed by atoms with van der Waals surface area (Å²) in [6.07, 6.45) is 7.13. The van der Waals surface area contributed by atoms with E-state index in [-0.39, 0.29) is 18.6 Å². The summed E-state index contributed by atoms with van der Waals surface area (Å²) in [7, 11) is 1.60. The zero-order chi connectivity index (χ0) is 26.5. The number of carboxylic acid groups (broad SMARTS) is 1. The quantitative estimate of drug-likeness (QED) is 0.327. The number of urea groups is 1. The Morgan fingerprint density at radius 1 is 1.24 bits per heavy atom. The molecule has 1 aliphatic rings. The van der Waals surface area contributed by atoms with Gasteiger partial charge in [-0.1, -0.05) is 31.4 Å². The van der Waals surface area contributed by atoms with Crippen molar-refractivity contribution in [2.24, 2.45) is 0 Å². The molecule has 10 heteroatoms. The molecule has 0 spiro atoms. The topological polar surface area (TPSA) is 97.1 Å². The summed E-state index contributed by atoms with van der Waals surface area (Å²) in [5, 5.41) is 10.3. The van der Waals surface area contributed by atoms with Gasteiger partial charge in [0.25, 0.3) is 0 Å². The second kappa shape index (κ2) is 11.7. The highest BCUT2D eigenvalue weighted by Crippen LogP contribution is 2.35. The van der Waals surface area contributed by atoms with Crippen LogP contribution in [-0.2, 0) is 17.9 Å². The molecule has 2 aromatic heterocycles. The number of aromatic nitrogens is 2. The van der Waals surface area contributed by atoms with E-state index in [1.54, 1.807) is 24.4 Å². The number of unbranched alkanes of at least 4 members (excludes halogenated alkanes) is 2. The number of hydrogen-bond donors (Lipinski definition) is 1. The maximum absolute atomic E-state index is 13.7. The zero-order valence-corrected chi connectivity index (χ0v) is 22.2. The van der Waals surface area contributed by atoms with Crippen LogP contribution in [0.25, 0.3) is 11.0 Å². The minimum absolute atomic E-state index is 0.00913. The number of methoxy groups -OCH3 is 1. The lowest BCUT2D eigenvalue weighted by Crippen LogP contribution is -2.53. The van der Waals surface area contributed by atoms with Crippen molar-refractivity contribution in [1.29, 1.82) is 0 Å². The first kappa shape index (κ1) is 26.6. The Balaban J connectivity index is 1.59. The van der Waals surface area contributed by atoms with Crippen LogP contribution in [0, 0.1) is 0 Å². The molecule has 0 radical (unpaired) electrons. The minimum Gasteiger partial charge on any atom is -0.493 e. The first-order chi connectivity index (χ1) is 17.8. The van der Waals surface area contributed by atoms with E-state index in [0.717, 1.165) is 36.9 Å². The number of fused-ring (bicyclic) bond motifs is 1. The number of hydrogen-bond acceptors (Lipinski definition) is 5. The van der Waals surface area contributed by atoms with Crippen molar-refractivity contribution in [2.75, 3.05) is 25.2 Å². The Kier molecular flexibility index (Phi) is 8.43. The highest BCUT2D eigenvalue weighted by molar-refractivity contribution is 6.35. The summed E-state index contributed by atoms with van der Waals surface area (Å²) in [5.74, 6) is 0.274. The van der Waals surface area contributed by atoms with Crippen molar-refractivity contribution in [1.82, 2.24) is 14.5 Å². The Hall–Kier alpha value is -3.46. The van der Waals surface area contributed by atoms with E-state index < -0.39 is 5.97 Å².